The molecule has 0 atom stereocenters. The van der Waals surface area contributed by atoms with Crippen LogP contribution in [0.5, 0.6) is 0 Å². The third kappa shape index (κ3) is 2.80. The average molecular weight is 323 g/mol. The van der Waals surface area contributed by atoms with E-state index >= 15 is 0 Å². The summed E-state index contributed by atoms with van der Waals surface area (Å²) < 4.78 is 0. The number of carbonyl (C=O) groups is 1. The number of H-pyrrole nitrogens is 1. The van der Waals surface area contributed by atoms with E-state index in [1.165, 1.54) is 5.57 Å². The van der Waals surface area contributed by atoms with Gasteiger partial charge in [0.15, 0.2) is 0 Å². The molecule has 1 amide bonds. The molecule has 0 radical (unpaired) electrons. The molecule has 0 fully saturated rings. The number of pyridine rings is 1. The summed E-state index contributed by atoms with van der Waals surface area (Å²) in [6, 6.07) is 7.98. The first-order valence-corrected chi connectivity index (χ1v) is 8.61. The Hall–Kier alpha value is -2.40. The third-order valence-electron chi connectivity index (χ3n) is 4.25. The van der Waals surface area contributed by atoms with Gasteiger partial charge in [-0.05, 0) is 35.6 Å². The minimum Gasteiger partial charge on any atom is -0.359 e. The molecule has 3 aromatic heterocycles. The fourth-order valence-corrected chi connectivity index (χ4v) is 3.71. The van der Waals surface area contributed by atoms with E-state index < -0.39 is 0 Å². The molecule has 4 heterocycles. The van der Waals surface area contributed by atoms with Crippen molar-refractivity contribution in [3.05, 3.63) is 58.6 Å². The Morgan fingerprint density at radius 1 is 1.35 bits per heavy atom. The van der Waals surface area contributed by atoms with Gasteiger partial charge in [0.05, 0.1) is 17.5 Å². The molecule has 0 aromatic carbocycles. The van der Waals surface area contributed by atoms with E-state index in [0.29, 0.717) is 13.0 Å². The minimum atomic E-state index is 0.208. The van der Waals surface area contributed by atoms with Crippen LogP contribution in [0.15, 0.2) is 48.1 Å². The van der Waals surface area contributed by atoms with Gasteiger partial charge in [0.25, 0.3) is 0 Å². The smallest absolute Gasteiger partial charge is 0.228 e. The molecule has 0 saturated heterocycles. The van der Waals surface area contributed by atoms with Crippen molar-refractivity contribution in [2.45, 2.75) is 12.8 Å². The Morgan fingerprint density at radius 3 is 3.09 bits per heavy atom. The van der Waals surface area contributed by atoms with Crippen LogP contribution in [0.3, 0.4) is 0 Å². The second kappa shape index (κ2) is 6.01. The van der Waals surface area contributed by atoms with Gasteiger partial charge in [-0.25, -0.2) is 0 Å². The molecule has 1 aliphatic rings. The number of nitrogens with one attached hydrogen (secondary N) is 1. The summed E-state index contributed by atoms with van der Waals surface area (Å²) in [4.78, 5) is 23.2. The lowest BCUT2D eigenvalue weighted by molar-refractivity contribution is -0.130. The van der Waals surface area contributed by atoms with Crippen LogP contribution in [0.4, 0.5) is 0 Å². The number of hydrogen-bond acceptors (Lipinski definition) is 3. The molecule has 4 rings (SSSR count). The first kappa shape index (κ1) is 14.2. The van der Waals surface area contributed by atoms with Crippen LogP contribution < -0.4 is 0 Å². The summed E-state index contributed by atoms with van der Waals surface area (Å²) >= 11 is 1.64. The van der Waals surface area contributed by atoms with Crippen molar-refractivity contribution in [1.82, 2.24) is 14.9 Å². The first-order chi connectivity index (χ1) is 11.3. The van der Waals surface area contributed by atoms with Crippen LogP contribution >= 0.6 is 11.3 Å². The van der Waals surface area contributed by atoms with E-state index in [1.807, 2.05) is 46.9 Å². The van der Waals surface area contributed by atoms with Crippen molar-refractivity contribution in [2.24, 2.45) is 0 Å². The zero-order valence-corrected chi connectivity index (χ0v) is 13.5. The summed E-state index contributed by atoms with van der Waals surface area (Å²) in [5.74, 6) is 0.208. The molecule has 1 aliphatic heterocycles. The van der Waals surface area contributed by atoms with E-state index in [1.54, 1.807) is 11.3 Å². The lowest BCUT2D eigenvalue weighted by atomic mass is 10.0. The van der Waals surface area contributed by atoms with Crippen LogP contribution in [-0.4, -0.2) is 33.9 Å². The standard InChI is InChI=1S/C18H17N3OS/c22-17(11-14-3-2-10-23-14)21-8-5-13(6-9-21)15-12-20-16-4-1-7-19-18(15)16/h1-5,7,10,12,20H,6,8-9,11H2. The summed E-state index contributed by atoms with van der Waals surface area (Å²) in [6.45, 7) is 1.45. The molecule has 4 nitrogen and oxygen atoms in total. The molecule has 0 spiro atoms. The lowest BCUT2D eigenvalue weighted by Gasteiger charge is -2.26. The summed E-state index contributed by atoms with van der Waals surface area (Å²) in [7, 11) is 0. The summed E-state index contributed by atoms with van der Waals surface area (Å²) in [5, 5.41) is 2.01. The number of thiophene rings is 1. The van der Waals surface area contributed by atoms with Crippen molar-refractivity contribution in [2.75, 3.05) is 13.1 Å². The van der Waals surface area contributed by atoms with E-state index in [0.717, 1.165) is 34.4 Å². The molecule has 0 bridgehead atoms. The highest BCUT2D eigenvalue weighted by Gasteiger charge is 2.20. The topological polar surface area (TPSA) is 49.0 Å². The Balaban J connectivity index is 1.49. The summed E-state index contributed by atoms with van der Waals surface area (Å²) in [5.41, 5.74) is 4.50. The van der Waals surface area contributed by atoms with Gasteiger partial charge >= 0.3 is 0 Å². The number of amides is 1. The first-order valence-electron chi connectivity index (χ1n) is 7.73. The maximum atomic E-state index is 12.4. The highest BCUT2D eigenvalue weighted by molar-refractivity contribution is 7.10. The van der Waals surface area contributed by atoms with E-state index in [-0.39, 0.29) is 5.91 Å². The largest absolute Gasteiger partial charge is 0.359 e. The van der Waals surface area contributed by atoms with Crippen LogP contribution in [0.1, 0.15) is 16.9 Å². The number of carbonyl (C=O) groups excluding carboxylic acids is 1. The summed E-state index contributed by atoms with van der Waals surface area (Å²) in [6.07, 6.45) is 7.38. The molecule has 0 aliphatic carbocycles. The second-order valence-corrected chi connectivity index (χ2v) is 6.71. The zero-order valence-electron chi connectivity index (χ0n) is 12.7. The fourth-order valence-electron chi connectivity index (χ4n) is 3.01. The monoisotopic (exact) mass is 323 g/mol. The van der Waals surface area contributed by atoms with E-state index in [9.17, 15) is 4.79 Å². The Kier molecular flexibility index (Phi) is 3.71. The molecule has 0 unspecified atom stereocenters. The van der Waals surface area contributed by atoms with E-state index in [2.05, 4.69) is 16.0 Å². The SMILES string of the molecule is O=C(Cc1cccs1)N1CC=C(c2c[nH]c3cccnc23)CC1. The highest BCUT2D eigenvalue weighted by Crippen LogP contribution is 2.28. The second-order valence-electron chi connectivity index (χ2n) is 5.68. The van der Waals surface area contributed by atoms with Gasteiger partial charge in [-0.2, -0.15) is 0 Å². The van der Waals surface area contributed by atoms with Gasteiger partial charge in [0.2, 0.25) is 5.91 Å². The zero-order chi connectivity index (χ0) is 15.6. The van der Waals surface area contributed by atoms with Crippen LogP contribution in [0.25, 0.3) is 16.6 Å². The van der Waals surface area contributed by atoms with Gasteiger partial charge in [0.1, 0.15) is 0 Å². The van der Waals surface area contributed by atoms with Gasteiger partial charge in [0, 0.05) is 35.9 Å². The Labute approximate surface area is 138 Å². The molecule has 23 heavy (non-hydrogen) atoms. The Morgan fingerprint density at radius 2 is 2.30 bits per heavy atom. The fraction of sp³-hybridized carbons (Fsp3) is 0.222. The van der Waals surface area contributed by atoms with Crippen LogP contribution in [0.2, 0.25) is 0 Å². The maximum Gasteiger partial charge on any atom is 0.228 e. The quantitative estimate of drug-likeness (QED) is 0.802. The molecular weight excluding hydrogens is 306 g/mol. The lowest BCUT2D eigenvalue weighted by Crippen LogP contribution is -2.35. The Bertz CT molecular complexity index is 863. The van der Waals surface area contributed by atoms with Crippen molar-refractivity contribution >= 4 is 33.9 Å². The molecule has 3 aromatic rings. The average Bonchev–Trinajstić information content (AvgIpc) is 3.24. The van der Waals surface area contributed by atoms with Crippen molar-refractivity contribution in [3.63, 3.8) is 0 Å². The molecular formula is C18H17N3OS. The normalized spacial score (nSPS) is 15.0. The maximum absolute atomic E-state index is 12.4. The number of nitrogens with zero attached hydrogens (tertiary/aromatic N) is 2. The highest BCUT2D eigenvalue weighted by atomic mass is 32.1. The van der Waals surface area contributed by atoms with E-state index in [4.69, 9.17) is 0 Å². The van der Waals surface area contributed by atoms with Crippen LogP contribution in [-0.2, 0) is 11.2 Å². The van der Waals surface area contributed by atoms with Crippen molar-refractivity contribution in [1.29, 1.82) is 0 Å². The number of aromatic nitrogens is 2. The van der Waals surface area contributed by atoms with Gasteiger partial charge < -0.3 is 9.88 Å². The van der Waals surface area contributed by atoms with Gasteiger partial charge in [-0.1, -0.05) is 12.1 Å². The third-order valence-corrected chi connectivity index (χ3v) is 5.12. The van der Waals surface area contributed by atoms with Crippen LogP contribution in [0, 0.1) is 0 Å². The predicted molar refractivity (Wildman–Crippen MR) is 93.3 cm³/mol. The number of rotatable bonds is 3. The molecule has 5 heteroatoms. The number of fused-ring (bicyclic) bond motifs is 1. The minimum absolute atomic E-state index is 0.208. The predicted octanol–water partition coefficient (Wildman–Crippen LogP) is 3.48. The number of hydrogen-bond donors (Lipinski definition) is 1. The van der Waals surface area contributed by atoms with Gasteiger partial charge in [-0.3, -0.25) is 9.78 Å². The molecule has 1 N–H and O–H groups in total. The molecule has 0 saturated carbocycles. The van der Waals surface area contributed by atoms with Crippen molar-refractivity contribution in [3.8, 4) is 0 Å². The van der Waals surface area contributed by atoms with Gasteiger partial charge in [-0.15, -0.1) is 11.3 Å². The molecule has 116 valence electrons. The van der Waals surface area contributed by atoms with Crippen molar-refractivity contribution < 1.29 is 4.79 Å². The number of aromatic amines is 1.